The fourth-order valence-corrected chi connectivity index (χ4v) is 3.19. The monoisotopic (exact) mass is 300 g/mol. The maximum atomic E-state index is 12.6. The number of piperidine rings is 1. The molecule has 118 valence electrons. The number of rotatable bonds is 3. The van der Waals surface area contributed by atoms with Crippen LogP contribution in [0.15, 0.2) is 22.6 Å². The van der Waals surface area contributed by atoms with Crippen LogP contribution in [0.2, 0.25) is 0 Å². The number of hydrogen-bond acceptors (Lipinski definition) is 3. The van der Waals surface area contributed by atoms with Crippen molar-refractivity contribution in [2.45, 2.75) is 26.7 Å². The van der Waals surface area contributed by atoms with Gasteiger partial charge in [0.2, 0.25) is 0 Å². The topological polar surface area (TPSA) is 45.5 Å². The van der Waals surface area contributed by atoms with Gasteiger partial charge in [-0.2, -0.15) is 0 Å². The molecule has 4 heteroatoms. The molecule has 0 radical (unpaired) electrons. The molecule has 3 rings (SSSR count). The number of nitrogens with zero attached hydrogens (tertiary/aromatic N) is 1. The Morgan fingerprint density at radius 3 is 2.59 bits per heavy atom. The quantitative estimate of drug-likeness (QED) is 0.947. The minimum Gasteiger partial charge on any atom is -0.451 e. The summed E-state index contributed by atoms with van der Waals surface area (Å²) in [6.07, 6.45) is 2.12. The molecule has 0 spiro atoms. The van der Waals surface area contributed by atoms with E-state index in [-0.39, 0.29) is 5.91 Å². The Kier molecular flexibility index (Phi) is 4.21. The molecule has 2 heterocycles. The molecule has 0 atom stereocenters. The summed E-state index contributed by atoms with van der Waals surface area (Å²) in [5.74, 6) is 1.16. The summed E-state index contributed by atoms with van der Waals surface area (Å²) >= 11 is 0. The maximum absolute atomic E-state index is 12.6. The minimum absolute atomic E-state index is 0.0226. The van der Waals surface area contributed by atoms with Gasteiger partial charge in [-0.25, -0.2) is 0 Å². The molecule has 4 nitrogen and oxygen atoms in total. The fraction of sp³-hybridized carbons (Fsp3) is 0.500. The highest BCUT2D eigenvalue weighted by atomic mass is 16.3. The first-order chi connectivity index (χ1) is 10.6. The lowest BCUT2D eigenvalue weighted by Gasteiger charge is -2.31. The van der Waals surface area contributed by atoms with Gasteiger partial charge in [0, 0.05) is 18.5 Å². The van der Waals surface area contributed by atoms with Gasteiger partial charge in [-0.1, -0.05) is 0 Å². The van der Waals surface area contributed by atoms with Crippen LogP contribution in [0.3, 0.4) is 0 Å². The smallest absolute Gasteiger partial charge is 0.289 e. The lowest BCUT2D eigenvalue weighted by molar-refractivity contribution is 0.0661. The SMILES string of the molecule is CNCC1CCN(C(=O)c2cc3cc(C)c(C)cc3o2)CC1. The third-order valence-electron chi connectivity index (χ3n) is 4.74. The molecule has 0 unspecified atom stereocenters. The molecule has 0 aliphatic carbocycles. The number of furan rings is 1. The lowest BCUT2D eigenvalue weighted by atomic mass is 9.97. The van der Waals surface area contributed by atoms with E-state index in [9.17, 15) is 4.79 Å². The first kappa shape index (κ1) is 15.1. The van der Waals surface area contributed by atoms with Gasteiger partial charge < -0.3 is 14.6 Å². The first-order valence-corrected chi connectivity index (χ1v) is 8.03. The van der Waals surface area contributed by atoms with Crippen molar-refractivity contribution in [1.82, 2.24) is 10.2 Å². The summed E-state index contributed by atoms with van der Waals surface area (Å²) in [5.41, 5.74) is 3.21. The van der Waals surface area contributed by atoms with Crippen LogP contribution in [0, 0.1) is 19.8 Å². The Morgan fingerprint density at radius 2 is 1.91 bits per heavy atom. The highest BCUT2D eigenvalue weighted by Crippen LogP contribution is 2.25. The molecule has 1 amide bonds. The maximum Gasteiger partial charge on any atom is 0.289 e. The van der Waals surface area contributed by atoms with Crippen molar-refractivity contribution < 1.29 is 9.21 Å². The standard InChI is InChI=1S/C18H24N2O2/c1-12-8-15-10-17(22-16(15)9-13(12)2)18(21)20-6-4-14(5-7-20)11-19-3/h8-10,14,19H,4-7,11H2,1-3H3. The van der Waals surface area contributed by atoms with Crippen molar-refractivity contribution >= 4 is 16.9 Å². The average Bonchev–Trinajstić information content (AvgIpc) is 2.91. The van der Waals surface area contributed by atoms with Crippen molar-refractivity contribution in [2.75, 3.05) is 26.7 Å². The molecule has 2 aromatic rings. The van der Waals surface area contributed by atoms with Crippen LogP contribution in [0.1, 0.15) is 34.5 Å². The largest absolute Gasteiger partial charge is 0.451 e. The van der Waals surface area contributed by atoms with E-state index in [2.05, 4.69) is 25.2 Å². The Labute approximate surface area is 131 Å². The van der Waals surface area contributed by atoms with E-state index in [1.165, 1.54) is 11.1 Å². The van der Waals surface area contributed by atoms with Crippen LogP contribution in [-0.2, 0) is 0 Å². The molecular formula is C18H24N2O2. The third-order valence-corrected chi connectivity index (χ3v) is 4.74. The molecule has 1 fully saturated rings. The van der Waals surface area contributed by atoms with E-state index in [0.29, 0.717) is 11.7 Å². The summed E-state index contributed by atoms with van der Waals surface area (Å²) < 4.78 is 5.79. The Hall–Kier alpha value is -1.81. The van der Waals surface area contributed by atoms with E-state index in [1.54, 1.807) is 0 Å². The number of likely N-dealkylation sites (tertiary alicyclic amines) is 1. The van der Waals surface area contributed by atoms with E-state index in [1.807, 2.05) is 24.1 Å². The number of carbonyl (C=O) groups is 1. The highest BCUT2D eigenvalue weighted by molar-refractivity contribution is 5.96. The highest BCUT2D eigenvalue weighted by Gasteiger charge is 2.25. The van der Waals surface area contributed by atoms with Crippen molar-refractivity contribution in [3.63, 3.8) is 0 Å². The van der Waals surface area contributed by atoms with Gasteiger partial charge >= 0.3 is 0 Å². The second-order valence-electron chi connectivity index (χ2n) is 6.38. The van der Waals surface area contributed by atoms with E-state index in [0.717, 1.165) is 43.4 Å². The number of hydrogen-bond donors (Lipinski definition) is 1. The zero-order valence-electron chi connectivity index (χ0n) is 13.6. The van der Waals surface area contributed by atoms with Gasteiger partial charge in [-0.05, 0) is 75.5 Å². The zero-order valence-corrected chi connectivity index (χ0v) is 13.6. The zero-order chi connectivity index (χ0) is 15.7. The van der Waals surface area contributed by atoms with Crippen LogP contribution >= 0.6 is 0 Å². The van der Waals surface area contributed by atoms with E-state index >= 15 is 0 Å². The summed E-state index contributed by atoms with van der Waals surface area (Å²) in [6, 6.07) is 5.98. The van der Waals surface area contributed by atoms with Gasteiger partial charge in [-0.3, -0.25) is 4.79 Å². The number of amides is 1. The molecule has 0 saturated carbocycles. The molecule has 1 aliphatic rings. The molecule has 1 aliphatic heterocycles. The molecule has 1 saturated heterocycles. The number of benzene rings is 1. The number of carbonyl (C=O) groups excluding carboxylic acids is 1. The first-order valence-electron chi connectivity index (χ1n) is 8.03. The Bertz CT molecular complexity index is 643. The molecule has 1 aromatic heterocycles. The van der Waals surface area contributed by atoms with Crippen LogP contribution in [0.4, 0.5) is 0 Å². The fourth-order valence-electron chi connectivity index (χ4n) is 3.19. The summed E-state index contributed by atoms with van der Waals surface area (Å²) in [4.78, 5) is 14.5. The number of aryl methyl sites for hydroxylation is 2. The number of nitrogens with one attached hydrogen (secondary N) is 1. The predicted molar refractivity (Wildman–Crippen MR) is 88.2 cm³/mol. The third kappa shape index (κ3) is 2.88. The van der Waals surface area contributed by atoms with Gasteiger partial charge in [0.15, 0.2) is 5.76 Å². The van der Waals surface area contributed by atoms with Crippen LogP contribution in [0.25, 0.3) is 11.0 Å². The van der Waals surface area contributed by atoms with Crippen LogP contribution in [0.5, 0.6) is 0 Å². The number of fused-ring (bicyclic) bond motifs is 1. The molecule has 1 aromatic carbocycles. The van der Waals surface area contributed by atoms with Gasteiger partial charge in [0.1, 0.15) is 5.58 Å². The van der Waals surface area contributed by atoms with Crippen molar-refractivity contribution in [3.05, 3.63) is 35.1 Å². The Balaban J connectivity index is 1.75. The summed E-state index contributed by atoms with van der Waals surface area (Å²) in [5, 5.41) is 4.23. The molecule has 0 bridgehead atoms. The van der Waals surface area contributed by atoms with Crippen molar-refractivity contribution in [3.8, 4) is 0 Å². The molecule has 22 heavy (non-hydrogen) atoms. The van der Waals surface area contributed by atoms with Gasteiger partial charge in [-0.15, -0.1) is 0 Å². The van der Waals surface area contributed by atoms with Crippen LogP contribution in [-0.4, -0.2) is 37.5 Å². The van der Waals surface area contributed by atoms with Gasteiger partial charge in [0.25, 0.3) is 5.91 Å². The van der Waals surface area contributed by atoms with E-state index < -0.39 is 0 Å². The molecule has 1 N–H and O–H groups in total. The Morgan fingerprint density at radius 1 is 1.23 bits per heavy atom. The summed E-state index contributed by atoms with van der Waals surface area (Å²) in [6.45, 7) is 6.81. The normalized spacial score (nSPS) is 16.4. The lowest BCUT2D eigenvalue weighted by Crippen LogP contribution is -2.40. The predicted octanol–water partition coefficient (Wildman–Crippen LogP) is 3.12. The van der Waals surface area contributed by atoms with E-state index in [4.69, 9.17) is 4.42 Å². The summed E-state index contributed by atoms with van der Waals surface area (Å²) in [7, 11) is 1.98. The van der Waals surface area contributed by atoms with Crippen molar-refractivity contribution in [1.29, 1.82) is 0 Å². The second-order valence-corrected chi connectivity index (χ2v) is 6.38. The van der Waals surface area contributed by atoms with Gasteiger partial charge in [0.05, 0.1) is 0 Å². The van der Waals surface area contributed by atoms with Crippen LogP contribution < -0.4 is 5.32 Å². The second kappa shape index (κ2) is 6.13. The van der Waals surface area contributed by atoms with Crippen molar-refractivity contribution in [2.24, 2.45) is 5.92 Å². The minimum atomic E-state index is 0.0226. The average molecular weight is 300 g/mol. The molecular weight excluding hydrogens is 276 g/mol.